The lowest BCUT2D eigenvalue weighted by Crippen LogP contribution is -2.18. The summed E-state index contributed by atoms with van der Waals surface area (Å²) in [5.74, 6) is -0.661. The molecule has 0 fully saturated rings. The van der Waals surface area contributed by atoms with Crippen LogP contribution in [0.3, 0.4) is 0 Å². The fraction of sp³-hybridized carbons (Fsp3) is 0.0833. The molecule has 1 aromatic carbocycles. The molecule has 3 rings (SSSR count). The van der Waals surface area contributed by atoms with Crippen LogP contribution in [0.5, 0.6) is 5.75 Å². The summed E-state index contributed by atoms with van der Waals surface area (Å²) in [5.41, 5.74) is 0.461. The highest BCUT2D eigenvalue weighted by Crippen LogP contribution is 2.37. The van der Waals surface area contributed by atoms with Crippen LogP contribution in [0.25, 0.3) is 16.8 Å². The number of hydrogen-bond acceptors (Lipinski definition) is 5. The molecule has 0 spiro atoms. The van der Waals surface area contributed by atoms with Crippen LogP contribution in [-0.4, -0.2) is 28.4 Å². The molecule has 0 radical (unpaired) electrons. The topological polar surface area (TPSA) is 104 Å². The zero-order chi connectivity index (χ0) is 13.6. The predicted molar refractivity (Wildman–Crippen MR) is 68.2 cm³/mol. The van der Waals surface area contributed by atoms with Crippen LogP contribution in [0.4, 0.5) is 5.69 Å². The molecule has 96 valence electrons. The Morgan fingerprint density at radius 2 is 2.21 bits per heavy atom. The summed E-state index contributed by atoms with van der Waals surface area (Å²) in [7, 11) is 1.47. The molecule has 0 saturated carbocycles. The molecule has 1 aromatic heterocycles. The number of rotatable bonds is 2. The van der Waals surface area contributed by atoms with Crippen molar-refractivity contribution in [1.82, 2.24) is 10.2 Å². The number of nitrogens with one attached hydrogen (secondary N) is 2. The summed E-state index contributed by atoms with van der Waals surface area (Å²) < 4.78 is 5.18. The smallest absolute Gasteiger partial charge is 0.352 e. The third-order valence-electron chi connectivity index (χ3n) is 2.94. The number of hydrogen-bond donors (Lipinski definition) is 3. The number of aromatic amines is 1. The molecule has 7 heteroatoms. The van der Waals surface area contributed by atoms with E-state index >= 15 is 0 Å². The van der Waals surface area contributed by atoms with Gasteiger partial charge in [-0.2, -0.15) is 5.10 Å². The molecular formula is C12H9N3O4. The van der Waals surface area contributed by atoms with E-state index in [4.69, 9.17) is 9.84 Å². The average Bonchev–Trinajstić information content (AvgIpc) is 2.42. The molecule has 1 aliphatic rings. The minimum atomic E-state index is -1.11. The normalized spacial score (nSPS) is 12.8. The van der Waals surface area contributed by atoms with Gasteiger partial charge in [-0.3, -0.25) is 4.79 Å². The van der Waals surface area contributed by atoms with Crippen LogP contribution >= 0.6 is 0 Å². The monoisotopic (exact) mass is 259 g/mol. The number of carboxylic acids is 1. The maximum Gasteiger partial charge on any atom is 0.352 e. The van der Waals surface area contributed by atoms with Gasteiger partial charge in [0, 0.05) is 5.39 Å². The Balaban J connectivity index is 2.44. The Kier molecular flexibility index (Phi) is 2.28. The first kappa shape index (κ1) is 11.3. The van der Waals surface area contributed by atoms with Crippen molar-refractivity contribution in [2.24, 2.45) is 0 Å². The highest BCUT2D eigenvalue weighted by Gasteiger charge is 2.22. The summed E-state index contributed by atoms with van der Waals surface area (Å²) in [5, 5.41) is 19.0. The van der Waals surface area contributed by atoms with Gasteiger partial charge in [-0.05, 0) is 18.2 Å². The number of anilines is 1. The maximum atomic E-state index is 11.7. The van der Waals surface area contributed by atoms with Crippen LogP contribution < -0.4 is 15.6 Å². The standard InChI is InChI=1S/C12H9N3O4/c1-19-8-3-2-5-9-6(14-15-11(5)16)4-7(12(17)18)13-10(8)9/h2-4,13H,1H3,(H,15,16)(H,17,18). The van der Waals surface area contributed by atoms with Gasteiger partial charge in [0.1, 0.15) is 11.4 Å². The molecule has 1 aliphatic heterocycles. The van der Waals surface area contributed by atoms with Crippen molar-refractivity contribution in [2.45, 2.75) is 0 Å². The molecule has 19 heavy (non-hydrogen) atoms. The first-order chi connectivity index (χ1) is 9.11. The summed E-state index contributed by atoms with van der Waals surface area (Å²) in [4.78, 5) is 22.8. The number of H-pyrrole nitrogens is 1. The Labute approximate surface area is 106 Å². The van der Waals surface area contributed by atoms with E-state index in [1.54, 1.807) is 12.1 Å². The largest absolute Gasteiger partial charge is 0.495 e. The lowest BCUT2D eigenvalue weighted by atomic mass is 10.0. The van der Waals surface area contributed by atoms with Crippen LogP contribution in [0.1, 0.15) is 5.69 Å². The quantitative estimate of drug-likeness (QED) is 0.736. The molecule has 0 atom stereocenters. The molecule has 0 unspecified atom stereocenters. The van der Waals surface area contributed by atoms with Gasteiger partial charge in [0.25, 0.3) is 5.56 Å². The first-order valence-corrected chi connectivity index (χ1v) is 5.43. The van der Waals surface area contributed by atoms with Gasteiger partial charge in [0.15, 0.2) is 0 Å². The highest BCUT2D eigenvalue weighted by molar-refractivity contribution is 6.09. The van der Waals surface area contributed by atoms with E-state index in [1.807, 2.05) is 0 Å². The number of nitrogens with zero attached hydrogens (tertiary/aromatic N) is 1. The number of ether oxygens (including phenoxy) is 1. The molecule has 2 aromatic rings. The number of benzene rings is 1. The average molecular weight is 259 g/mol. The summed E-state index contributed by atoms with van der Waals surface area (Å²) >= 11 is 0. The van der Waals surface area contributed by atoms with Crippen molar-refractivity contribution < 1.29 is 14.6 Å². The van der Waals surface area contributed by atoms with Gasteiger partial charge in [-0.25, -0.2) is 9.89 Å². The van der Waals surface area contributed by atoms with E-state index in [1.165, 1.54) is 13.2 Å². The van der Waals surface area contributed by atoms with Crippen molar-refractivity contribution in [3.8, 4) is 5.75 Å². The highest BCUT2D eigenvalue weighted by atomic mass is 16.5. The summed E-state index contributed by atoms with van der Waals surface area (Å²) in [6.07, 6.45) is 1.37. The Morgan fingerprint density at radius 1 is 1.42 bits per heavy atom. The van der Waals surface area contributed by atoms with Crippen molar-refractivity contribution in [3.63, 3.8) is 0 Å². The van der Waals surface area contributed by atoms with E-state index < -0.39 is 5.97 Å². The van der Waals surface area contributed by atoms with Gasteiger partial charge in [-0.1, -0.05) is 0 Å². The summed E-state index contributed by atoms with van der Waals surface area (Å²) in [6, 6.07) is 3.22. The minimum absolute atomic E-state index is 0.0298. The van der Waals surface area contributed by atoms with Gasteiger partial charge < -0.3 is 15.2 Å². The zero-order valence-corrected chi connectivity index (χ0v) is 9.85. The lowest BCUT2D eigenvalue weighted by Gasteiger charge is -2.18. The second-order valence-electron chi connectivity index (χ2n) is 3.99. The Bertz CT molecular complexity index is 791. The first-order valence-electron chi connectivity index (χ1n) is 5.43. The third kappa shape index (κ3) is 1.55. The van der Waals surface area contributed by atoms with E-state index in [2.05, 4.69) is 15.5 Å². The second-order valence-corrected chi connectivity index (χ2v) is 3.99. The fourth-order valence-electron chi connectivity index (χ4n) is 2.09. The van der Waals surface area contributed by atoms with E-state index in [0.717, 1.165) is 0 Å². The number of carbonyl (C=O) groups is 1. The predicted octanol–water partition coefficient (Wildman–Crippen LogP) is 0.783. The van der Waals surface area contributed by atoms with Crippen LogP contribution in [-0.2, 0) is 4.79 Å². The Morgan fingerprint density at radius 3 is 2.89 bits per heavy atom. The molecule has 7 nitrogen and oxygen atoms in total. The molecule has 3 N–H and O–H groups in total. The van der Waals surface area contributed by atoms with Crippen LogP contribution in [0, 0.1) is 0 Å². The minimum Gasteiger partial charge on any atom is -0.495 e. The maximum absolute atomic E-state index is 11.7. The summed E-state index contributed by atoms with van der Waals surface area (Å²) in [6.45, 7) is 0. The molecule has 0 bridgehead atoms. The van der Waals surface area contributed by atoms with Gasteiger partial charge in [0.2, 0.25) is 0 Å². The number of carboxylic acid groups (broad SMARTS) is 1. The van der Waals surface area contributed by atoms with Crippen molar-refractivity contribution in [1.29, 1.82) is 0 Å². The van der Waals surface area contributed by atoms with Crippen molar-refractivity contribution in [2.75, 3.05) is 12.4 Å². The molecular weight excluding hydrogens is 250 g/mol. The second kappa shape index (κ2) is 3.84. The van der Waals surface area contributed by atoms with E-state index in [9.17, 15) is 9.59 Å². The Hall–Kier alpha value is -2.83. The molecule has 0 saturated heterocycles. The van der Waals surface area contributed by atoms with E-state index in [-0.39, 0.29) is 11.3 Å². The van der Waals surface area contributed by atoms with Gasteiger partial charge >= 0.3 is 5.97 Å². The third-order valence-corrected chi connectivity index (χ3v) is 2.94. The SMILES string of the molecule is COc1ccc2c(=O)[nH]nc3c2c1NC(C(=O)O)=C3. The van der Waals surface area contributed by atoms with Gasteiger partial charge in [0.05, 0.1) is 23.9 Å². The fourth-order valence-corrected chi connectivity index (χ4v) is 2.09. The molecule has 0 aliphatic carbocycles. The van der Waals surface area contributed by atoms with Crippen LogP contribution in [0.2, 0.25) is 0 Å². The number of methoxy groups -OCH3 is 1. The van der Waals surface area contributed by atoms with Crippen molar-refractivity contribution in [3.05, 3.63) is 33.9 Å². The van der Waals surface area contributed by atoms with Gasteiger partial charge in [-0.15, -0.1) is 0 Å². The van der Waals surface area contributed by atoms with Crippen molar-refractivity contribution >= 4 is 28.5 Å². The number of aliphatic carboxylic acids is 1. The zero-order valence-electron chi connectivity index (χ0n) is 9.85. The van der Waals surface area contributed by atoms with E-state index in [0.29, 0.717) is 27.9 Å². The lowest BCUT2D eigenvalue weighted by molar-refractivity contribution is -0.132. The molecule has 2 heterocycles. The van der Waals surface area contributed by atoms with Crippen LogP contribution in [0.15, 0.2) is 22.6 Å². The molecule has 0 amide bonds. The number of aromatic nitrogens is 2.